The summed E-state index contributed by atoms with van der Waals surface area (Å²) in [5, 5.41) is 3.47. The van der Waals surface area contributed by atoms with Crippen LogP contribution in [0.2, 0.25) is 5.02 Å². The predicted molar refractivity (Wildman–Crippen MR) is 142 cm³/mol. The molecule has 0 spiro atoms. The molecule has 2 aromatic carbocycles. The van der Waals surface area contributed by atoms with Gasteiger partial charge in [-0.15, -0.1) is 0 Å². The Morgan fingerprint density at radius 1 is 0.971 bits per heavy atom. The Kier molecular flexibility index (Phi) is 11.0. The van der Waals surface area contributed by atoms with Crippen molar-refractivity contribution >= 4 is 39.1 Å². The minimum absolute atomic E-state index is 0.155. The van der Waals surface area contributed by atoms with Crippen LogP contribution in [0.25, 0.3) is 0 Å². The van der Waals surface area contributed by atoms with Gasteiger partial charge in [0, 0.05) is 18.1 Å². The van der Waals surface area contributed by atoms with Gasteiger partial charge in [-0.25, -0.2) is 8.42 Å². The molecule has 0 aliphatic carbocycles. The van der Waals surface area contributed by atoms with Crippen molar-refractivity contribution in [2.24, 2.45) is 0 Å². The topological polar surface area (TPSA) is 86.8 Å². The molecule has 2 amide bonds. The largest absolute Gasteiger partial charge is 0.354 e. The molecule has 0 aliphatic rings. The average Bonchev–Trinajstić information content (AvgIpc) is 2.83. The number of rotatable bonds is 13. The minimum atomic E-state index is -3.75. The third-order valence-corrected chi connectivity index (χ3v) is 7.19. The van der Waals surface area contributed by atoms with Crippen molar-refractivity contribution in [3.63, 3.8) is 0 Å². The van der Waals surface area contributed by atoms with Gasteiger partial charge in [-0.05, 0) is 54.7 Å². The number of halogens is 1. The first-order chi connectivity index (χ1) is 16.6. The molecule has 192 valence electrons. The Labute approximate surface area is 214 Å². The first kappa shape index (κ1) is 28.7. The Balaban J connectivity index is 2.38. The number of hydrogen-bond acceptors (Lipinski definition) is 4. The van der Waals surface area contributed by atoms with Gasteiger partial charge < -0.3 is 10.2 Å². The third-order valence-electron chi connectivity index (χ3n) is 5.79. The maximum atomic E-state index is 13.6. The normalized spacial score (nSPS) is 12.1. The summed E-state index contributed by atoms with van der Waals surface area (Å²) in [5.74, 6) is -0.705. The van der Waals surface area contributed by atoms with Crippen molar-refractivity contribution in [2.45, 2.75) is 59.0 Å². The minimum Gasteiger partial charge on any atom is -0.354 e. The molecule has 1 N–H and O–H groups in total. The molecule has 9 heteroatoms. The first-order valence-electron chi connectivity index (χ1n) is 12.0. The van der Waals surface area contributed by atoms with E-state index in [2.05, 4.69) is 5.32 Å². The van der Waals surface area contributed by atoms with Gasteiger partial charge in [-0.1, -0.05) is 63.1 Å². The number of sulfonamides is 1. The van der Waals surface area contributed by atoms with Crippen LogP contribution >= 0.6 is 11.6 Å². The predicted octanol–water partition coefficient (Wildman–Crippen LogP) is 4.39. The van der Waals surface area contributed by atoms with Crippen LogP contribution in [0.4, 0.5) is 5.69 Å². The number of carbonyl (C=O) groups is 2. The molecule has 0 heterocycles. The highest BCUT2D eigenvalue weighted by Gasteiger charge is 2.31. The van der Waals surface area contributed by atoms with E-state index in [4.69, 9.17) is 11.6 Å². The number of amides is 2. The molecule has 35 heavy (non-hydrogen) atoms. The zero-order valence-corrected chi connectivity index (χ0v) is 22.5. The van der Waals surface area contributed by atoms with E-state index in [9.17, 15) is 18.0 Å². The Morgan fingerprint density at radius 2 is 1.57 bits per heavy atom. The highest BCUT2D eigenvalue weighted by molar-refractivity contribution is 7.92. The monoisotopic (exact) mass is 521 g/mol. The average molecular weight is 522 g/mol. The summed E-state index contributed by atoms with van der Waals surface area (Å²) < 4.78 is 26.4. The van der Waals surface area contributed by atoms with Crippen molar-refractivity contribution in [1.82, 2.24) is 10.2 Å². The zero-order chi connectivity index (χ0) is 26.0. The molecule has 2 aromatic rings. The molecule has 7 nitrogen and oxygen atoms in total. The summed E-state index contributed by atoms with van der Waals surface area (Å²) >= 11 is 6.01. The molecule has 0 unspecified atom stereocenters. The molecule has 1 atom stereocenters. The molecule has 0 bridgehead atoms. The van der Waals surface area contributed by atoms with E-state index in [1.807, 2.05) is 32.9 Å². The van der Waals surface area contributed by atoms with E-state index >= 15 is 0 Å². The lowest BCUT2D eigenvalue weighted by Gasteiger charge is -2.33. The van der Waals surface area contributed by atoms with Gasteiger partial charge in [-0.3, -0.25) is 13.9 Å². The zero-order valence-electron chi connectivity index (χ0n) is 21.0. The van der Waals surface area contributed by atoms with E-state index in [0.29, 0.717) is 23.7 Å². The number of aryl methyl sites for hydroxylation is 1. The first-order valence-corrected chi connectivity index (χ1v) is 14.2. The Bertz CT molecular complexity index is 1070. The van der Waals surface area contributed by atoms with Crippen LogP contribution in [-0.2, 0) is 32.6 Å². The van der Waals surface area contributed by atoms with Gasteiger partial charge in [0.05, 0.1) is 11.9 Å². The van der Waals surface area contributed by atoms with Crippen LogP contribution in [0.1, 0.15) is 51.2 Å². The van der Waals surface area contributed by atoms with Crippen LogP contribution in [0.5, 0.6) is 0 Å². The summed E-state index contributed by atoms with van der Waals surface area (Å²) in [7, 11) is -3.75. The van der Waals surface area contributed by atoms with Crippen molar-refractivity contribution < 1.29 is 18.0 Å². The molecule has 0 aromatic heterocycles. The Hall–Kier alpha value is -2.58. The highest BCUT2D eigenvalue weighted by atomic mass is 35.5. The maximum Gasteiger partial charge on any atom is 0.244 e. The van der Waals surface area contributed by atoms with Crippen LogP contribution in [0.3, 0.4) is 0 Å². The van der Waals surface area contributed by atoms with E-state index in [1.54, 1.807) is 36.4 Å². The summed E-state index contributed by atoms with van der Waals surface area (Å²) in [6.45, 7) is 6.15. The number of unbranched alkanes of at least 4 members (excludes halogenated alkanes) is 1. The molecular formula is C26H36ClN3O4S. The van der Waals surface area contributed by atoms with Crippen LogP contribution in [0.15, 0.2) is 48.5 Å². The Morgan fingerprint density at radius 3 is 2.09 bits per heavy atom. The fourth-order valence-electron chi connectivity index (χ4n) is 3.72. The fourth-order valence-corrected chi connectivity index (χ4v) is 4.70. The summed E-state index contributed by atoms with van der Waals surface area (Å²) in [5.41, 5.74) is 2.26. The van der Waals surface area contributed by atoms with Gasteiger partial charge in [0.2, 0.25) is 21.8 Å². The molecule has 0 saturated heterocycles. The molecule has 0 saturated carbocycles. The number of hydrogen-bond donors (Lipinski definition) is 1. The van der Waals surface area contributed by atoms with Crippen LogP contribution in [0, 0.1) is 0 Å². The van der Waals surface area contributed by atoms with E-state index in [-0.39, 0.29) is 12.5 Å². The number of nitrogens with zero attached hydrogens (tertiary/aromatic N) is 2. The lowest BCUT2D eigenvalue weighted by Crippen LogP contribution is -2.52. The number of carbonyl (C=O) groups excluding carboxylic acids is 2. The van der Waals surface area contributed by atoms with Crippen molar-refractivity contribution in [3.8, 4) is 0 Å². The molecular weight excluding hydrogens is 486 g/mol. The summed E-state index contributed by atoms with van der Waals surface area (Å²) in [4.78, 5) is 28.1. The quantitative estimate of drug-likeness (QED) is 0.396. The van der Waals surface area contributed by atoms with Crippen LogP contribution < -0.4 is 9.62 Å². The second-order valence-electron chi connectivity index (χ2n) is 8.51. The van der Waals surface area contributed by atoms with Gasteiger partial charge in [-0.2, -0.15) is 0 Å². The van der Waals surface area contributed by atoms with Crippen molar-refractivity contribution in [2.75, 3.05) is 23.7 Å². The van der Waals surface area contributed by atoms with Crippen molar-refractivity contribution in [1.29, 1.82) is 0 Å². The molecule has 0 aliphatic heterocycles. The van der Waals surface area contributed by atoms with E-state index in [1.165, 1.54) is 4.90 Å². The second-order valence-corrected chi connectivity index (χ2v) is 10.8. The van der Waals surface area contributed by atoms with E-state index in [0.717, 1.165) is 41.0 Å². The van der Waals surface area contributed by atoms with Gasteiger partial charge in [0.25, 0.3) is 0 Å². The number of benzene rings is 2. The second kappa shape index (κ2) is 13.5. The number of anilines is 1. The van der Waals surface area contributed by atoms with Gasteiger partial charge in [0.1, 0.15) is 12.6 Å². The highest BCUT2D eigenvalue weighted by Crippen LogP contribution is 2.21. The van der Waals surface area contributed by atoms with Crippen LogP contribution in [-0.4, -0.2) is 50.5 Å². The maximum absolute atomic E-state index is 13.6. The SMILES string of the molecule is CCCCNC(=O)[C@H](CC)N(Cc1ccc(Cl)cc1)C(=O)CN(c1ccc(CC)cc1)S(C)(=O)=O. The lowest BCUT2D eigenvalue weighted by molar-refractivity contribution is -0.140. The number of nitrogens with one attached hydrogen (secondary N) is 1. The molecule has 2 rings (SSSR count). The standard InChI is InChI=1S/C26H36ClN3O4S/c1-5-8-17-28-26(32)24(7-3)29(18-21-9-13-22(27)14-10-21)25(31)19-30(35(4,33)34)23-15-11-20(6-2)12-16-23/h9-16,24H,5-8,17-19H2,1-4H3,(H,28,32)/t24-/m0/s1. The van der Waals surface area contributed by atoms with E-state index < -0.39 is 28.5 Å². The van der Waals surface area contributed by atoms with Gasteiger partial charge in [0.15, 0.2) is 0 Å². The fraction of sp³-hybridized carbons (Fsp3) is 0.462. The van der Waals surface area contributed by atoms with Crippen molar-refractivity contribution in [3.05, 3.63) is 64.7 Å². The third kappa shape index (κ3) is 8.54. The smallest absolute Gasteiger partial charge is 0.244 e. The lowest BCUT2D eigenvalue weighted by atomic mass is 10.1. The summed E-state index contributed by atoms with van der Waals surface area (Å²) in [6, 6.07) is 13.4. The molecule has 0 fully saturated rings. The van der Waals surface area contributed by atoms with Gasteiger partial charge >= 0.3 is 0 Å². The molecule has 0 radical (unpaired) electrons. The summed E-state index contributed by atoms with van der Waals surface area (Å²) in [6.07, 6.45) is 4.06.